The molecular weight excluding hydrogens is 340 g/mol. The molecule has 0 bridgehead atoms. The molecule has 4 heteroatoms. The largest absolute Gasteiger partial charge is 0.361 e. The van der Waals surface area contributed by atoms with E-state index in [2.05, 4.69) is 41.4 Å². The SMILES string of the molecule is CC(C)OC1(c2cccc3c2C=CC3)C(c2nccs2)=CC=CC1C#N. The van der Waals surface area contributed by atoms with E-state index in [4.69, 9.17) is 4.74 Å². The standard InChI is InChI=1S/C22H20N2OS/c1-15(2)25-22(19-10-4-7-16-6-3-9-18(16)19)17(14-23)8-5-11-20(22)21-24-12-13-26-21/h3-5,7-13,15,17H,6H2,1-2H3. The van der Waals surface area contributed by atoms with Gasteiger partial charge >= 0.3 is 0 Å². The maximum Gasteiger partial charge on any atom is 0.141 e. The minimum absolute atomic E-state index is 0.0399. The highest BCUT2D eigenvalue weighted by atomic mass is 32.1. The molecule has 0 saturated carbocycles. The molecule has 2 aliphatic rings. The van der Waals surface area contributed by atoms with Crippen molar-refractivity contribution in [3.8, 4) is 6.07 Å². The van der Waals surface area contributed by atoms with Crippen molar-refractivity contribution >= 4 is 23.0 Å². The number of allylic oxidation sites excluding steroid dienone is 3. The third-order valence-electron chi connectivity index (χ3n) is 4.85. The minimum Gasteiger partial charge on any atom is -0.361 e. The van der Waals surface area contributed by atoms with Crippen LogP contribution in [0.1, 0.15) is 35.5 Å². The van der Waals surface area contributed by atoms with Crippen LogP contribution in [-0.4, -0.2) is 11.1 Å². The van der Waals surface area contributed by atoms with Gasteiger partial charge in [0.15, 0.2) is 0 Å². The summed E-state index contributed by atoms with van der Waals surface area (Å²) < 4.78 is 6.62. The summed E-state index contributed by atoms with van der Waals surface area (Å²) in [5.74, 6) is -0.422. The van der Waals surface area contributed by atoms with E-state index in [1.807, 2.05) is 37.5 Å². The molecule has 26 heavy (non-hydrogen) atoms. The van der Waals surface area contributed by atoms with Gasteiger partial charge in [-0.1, -0.05) is 48.6 Å². The summed E-state index contributed by atoms with van der Waals surface area (Å²) in [6.07, 6.45) is 12.9. The van der Waals surface area contributed by atoms with E-state index >= 15 is 0 Å². The zero-order valence-corrected chi connectivity index (χ0v) is 15.7. The molecule has 2 atom stereocenters. The molecule has 0 amide bonds. The number of aromatic nitrogens is 1. The third-order valence-corrected chi connectivity index (χ3v) is 5.65. The van der Waals surface area contributed by atoms with Crippen molar-refractivity contribution < 1.29 is 4.74 Å². The predicted octanol–water partition coefficient (Wildman–Crippen LogP) is 5.13. The van der Waals surface area contributed by atoms with Crippen LogP contribution in [-0.2, 0) is 16.8 Å². The van der Waals surface area contributed by atoms with Crippen molar-refractivity contribution in [1.29, 1.82) is 5.26 Å². The Balaban J connectivity index is 2.02. The first-order valence-corrected chi connectivity index (χ1v) is 9.70. The van der Waals surface area contributed by atoms with Crippen LogP contribution >= 0.6 is 11.3 Å². The molecule has 2 aliphatic carbocycles. The van der Waals surface area contributed by atoms with Gasteiger partial charge in [0.25, 0.3) is 0 Å². The number of thiazole rings is 1. The van der Waals surface area contributed by atoms with Crippen LogP contribution < -0.4 is 0 Å². The molecule has 0 spiro atoms. The Kier molecular flexibility index (Phi) is 4.36. The highest BCUT2D eigenvalue weighted by molar-refractivity contribution is 7.10. The van der Waals surface area contributed by atoms with Gasteiger partial charge in [0, 0.05) is 17.2 Å². The fourth-order valence-corrected chi connectivity index (χ4v) is 4.63. The van der Waals surface area contributed by atoms with E-state index in [9.17, 15) is 5.26 Å². The molecule has 0 saturated heterocycles. The van der Waals surface area contributed by atoms with Gasteiger partial charge in [0.05, 0.1) is 12.2 Å². The lowest BCUT2D eigenvalue weighted by molar-refractivity contribution is -0.0594. The smallest absolute Gasteiger partial charge is 0.141 e. The second kappa shape index (κ2) is 6.68. The first-order chi connectivity index (χ1) is 12.7. The van der Waals surface area contributed by atoms with Gasteiger partial charge in [-0.05, 0) is 37.0 Å². The van der Waals surface area contributed by atoms with Gasteiger partial charge in [-0.15, -0.1) is 11.3 Å². The van der Waals surface area contributed by atoms with Crippen LogP contribution in [0, 0.1) is 17.2 Å². The second-order valence-corrected chi connectivity index (χ2v) is 7.69. The monoisotopic (exact) mass is 360 g/mol. The summed E-state index contributed by atoms with van der Waals surface area (Å²) in [6, 6.07) is 8.80. The Morgan fingerprint density at radius 2 is 2.27 bits per heavy atom. The average Bonchev–Trinajstić information content (AvgIpc) is 3.32. The molecule has 0 fully saturated rings. The number of nitrogens with zero attached hydrogens (tertiary/aromatic N) is 2. The quantitative estimate of drug-likeness (QED) is 0.760. The maximum absolute atomic E-state index is 10.0. The molecule has 2 unspecified atom stereocenters. The first-order valence-electron chi connectivity index (χ1n) is 8.82. The summed E-state index contributed by atoms with van der Waals surface area (Å²) in [6.45, 7) is 4.04. The molecule has 0 N–H and O–H groups in total. The van der Waals surface area contributed by atoms with Gasteiger partial charge < -0.3 is 4.74 Å². The van der Waals surface area contributed by atoms with Crippen LogP contribution in [0.2, 0.25) is 0 Å². The normalized spacial score (nSPS) is 23.8. The summed E-state index contributed by atoms with van der Waals surface area (Å²) >= 11 is 1.58. The Hall–Kier alpha value is -2.48. The Bertz CT molecular complexity index is 947. The van der Waals surface area contributed by atoms with E-state index in [0.717, 1.165) is 22.6 Å². The molecule has 3 nitrogen and oxygen atoms in total. The van der Waals surface area contributed by atoms with E-state index in [0.29, 0.717) is 0 Å². The number of rotatable bonds is 4. The summed E-state index contributed by atoms with van der Waals surface area (Å²) in [4.78, 5) is 4.54. The molecule has 0 aliphatic heterocycles. The lowest BCUT2D eigenvalue weighted by Crippen LogP contribution is -2.42. The average molecular weight is 360 g/mol. The van der Waals surface area contributed by atoms with Crippen molar-refractivity contribution in [2.24, 2.45) is 5.92 Å². The summed E-state index contributed by atoms with van der Waals surface area (Å²) in [7, 11) is 0. The van der Waals surface area contributed by atoms with Crippen LogP contribution in [0.15, 0.2) is 54.1 Å². The van der Waals surface area contributed by atoms with Crippen LogP contribution in [0.5, 0.6) is 0 Å². The molecule has 4 rings (SSSR count). The van der Waals surface area contributed by atoms with Crippen LogP contribution in [0.4, 0.5) is 0 Å². The van der Waals surface area contributed by atoms with Crippen molar-refractivity contribution in [2.45, 2.75) is 32.0 Å². The minimum atomic E-state index is -0.866. The van der Waals surface area contributed by atoms with Gasteiger partial charge in [0.1, 0.15) is 16.5 Å². The van der Waals surface area contributed by atoms with Gasteiger partial charge in [-0.3, -0.25) is 0 Å². The van der Waals surface area contributed by atoms with Crippen molar-refractivity contribution in [3.63, 3.8) is 0 Å². The molecule has 1 aromatic heterocycles. The first kappa shape index (κ1) is 17.0. The van der Waals surface area contributed by atoms with Crippen molar-refractivity contribution in [3.05, 3.63) is 75.8 Å². The Morgan fingerprint density at radius 1 is 1.38 bits per heavy atom. The van der Waals surface area contributed by atoms with Gasteiger partial charge in [-0.25, -0.2) is 4.98 Å². The highest BCUT2D eigenvalue weighted by Gasteiger charge is 2.49. The van der Waals surface area contributed by atoms with Crippen molar-refractivity contribution in [2.75, 3.05) is 0 Å². The van der Waals surface area contributed by atoms with Crippen molar-refractivity contribution in [1.82, 2.24) is 4.98 Å². The van der Waals surface area contributed by atoms with E-state index < -0.39 is 11.5 Å². The number of hydrogen-bond donors (Lipinski definition) is 0. The number of benzene rings is 1. The third kappa shape index (κ3) is 2.56. The Morgan fingerprint density at radius 3 is 3.00 bits per heavy atom. The fraction of sp³-hybridized carbons (Fsp3) is 0.273. The van der Waals surface area contributed by atoms with Gasteiger partial charge in [0.2, 0.25) is 0 Å². The molecule has 130 valence electrons. The summed E-state index contributed by atoms with van der Waals surface area (Å²) in [5.41, 5.74) is 3.60. The number of nitriles is 1. The molecular formula is C22H20N2OS. The van der Waals surface area contributed by atoms with E-state index in [-0.39, 0.29) is 6.10 Å². The molecule has 2 aromatic rings. The van der Waals surface area contributed by atoms with E-state index in [1.165, 1.54) is 11.1 Å². The number of fused-ring (bicyclic) bond motifs is 1. The number of ether oxygens (including phenoxy) is 1. The zero-order chi connectivity index (χ0) is 18.1. The topological polar surface area (TPSA) is 45.9 Å². The van der Waals surface area contributed by atoms with Gasteiger partial charge in [-0.2, -0.15) is 5.26 Å². The number of hydrogen-bond acceptors (Lipinski definition) is 4. The highest BCUT2D eigenvalue weighted by Crippen LogP contribution is 2.51. The zero-order valence-electron chi connectivity index (χ0n) is 14.8. The predicted molar refractivity (Wildman–Crippen MR) is 105 cm³/mol. The second-order valence-electron chi connectivity index (χ2n) is 6.80. The molecule has 1 aromatic carbocycles. The van der Waals surface area contributed by atoms with Crippen LogP contribution in [0.3, 0.4) is 0 Å². The maximum atomic E-state index is 10.0. The summed E-state index contributed by atoms with van der Waals surface area (Å²) in [5, 5.41) is 12.9. The van der Waals surface area contributed by atoms with E-state index in [1.54, 1.807) is 17.5 Å². The molecule has 0 radical (unpaired) electrons. The van der Waals surface area contributed by atoms with Crippen LogP contribution in [0.25, 0.3) is 11.6 Å². The lowest BCUT2D eigenvalue weighted by atomic mass is 9.71. The lowest BCUT2D eigenvalue weighted by Gasteiger charge is -2.42. The Labute approximate surface area is 158 Å². The fourth-order valence-electron chi connectivity index (χ4n) is 3.91. The molecule has 1 heterocycles.